The third-order valence-electron chi connectivity index (χ3n) is 3.55. The zero-order valence-corrected chi connectivity index (χ0v) is 12.9. The highest BCUT2D eigenvalue weighted by molar-refractivity contribution is 5.99. The number of nitrogens with one attached hydrogen (secondary N) is 1. The zero-order chi connectivity index (χ0) is 17.1. The molecule has 1 aliphatic heterocycles. The molecule has 1 aliphatic rings. The van der Waals surface area contributed by atoms with Crippen LogP contribution in [0.1, 0.15) is 17.2 Å². The highest BCUT2D eigenvalue weighted by Gasteiger charge is 2.31. The topological polar surface area (TPSA) is 84.9 Å². The van der Waals surface area contributed by atoms with E-state index in [1.165, 1.54) is 13.2 Å². The van der Waals surface area contributed by atoms with Crippen LogP contribution in [-0.2, 0) is 9.59 Å². The van der Waals surface area contributed by atoms with E-state index in [4.69, 9.17) is 14.6 Å². The fraction of sp³-hybridized carbons (Fsp3) is 0.111. The SMILES string of the molecule is COc1cc(/C=C/C(=O)O)cc2c1OC(c1ccccc1)C(=O)N2. The maximum atomic E-state index is 12.3. The largest absolute Gasteiger partial charge is 0.493 e. The summed E-state index contributed by atoms with van der Waals surface area (Å²) in [6.45, 7) is 0. The minimum atomic E-state index is -1.06. The van der Waals surface area contributed by atoms with Gasteiger partial charge in [-0.1, -0.05) is 30.3 Å². The van der Waals surface area contributed by atoms with Crippen molar-refractivity contribution in [3.05, 3.63) is 59.7 Å². The third kappa shape index (κ3) is 3.08. The number of carboxylic acid groups (broad SMARTS) is 1. The monoisotopic (exact) mass is 325 g/mol. The van der Waals surface area contributed by atoms with Crippen LogP contribution in [0.25, 0.3) is 6.08 Å². The van der Waals surface area contributed by atoms with Crippen molar-refractivity contribution in [3.63, 3.8) is 0 Å². The summed E-state index contributed by atoms with van der Waals surface area (Å²) in [6.07, 6.45) is 1.66. The molecule has 1 heterocycles. The first kappa shape index (κ1) is 15.6. The number of methoxy groups -OCH3 is 1. The number of hydrogen-bond donors (Lipinski definition) is 2. The summed E-state index contributed by atoms with van der Waals surface area (Å²) in [4.78, 5) is 23.0. The van der Waals surface area contributed by atoms with Gasteiger partial charge in [-0.2, -0.15) is 0 Å². The number of carboxylic acids is 1. The second kappa shape index (κ2) is 6.45. The van der Waals surface area contributed by atoms with Crippen molar-refractivity contribution >= 4 is 23.6 Å². The van der Waals surface area contributed by atoms with E-state index in [0.717, 1.165) is 11.6 Å². The molecule has 0 fully saturated rings. The third-order valence-corrected chi connectivity index (χ3v) is 3.55. The minimum Gasteiger partial charge on any atom is -0.493 e. The Balaban J connectivity index is 1.99. The van der Waals surface area contributed by atoms with Gasteiger partial charge in [0.15, 0.2) is 11.5 Å². The summed E-state index contributed by atoms with van der Waals surface area (Å²) in [5.41, 5.74) is 1.75. The predicted octanol–water partition coefficient (Wildman–Crippen LogP) is 2.87. The smallest absolute Gasteiger partial charge is 0.328 e. The van der Waals surface area contributed by atoms with Crippen molar-refractivity contribution < 1.29 is 24.2 Å². The molecule has 0 saturated carbocycles. The number of rotatable bonds is 4. The summed E-state index contributed by atoms with van der Waals surface area (Å²) >= 11 is 0. The summed E-state index contributed by atoms with van der Waals surface area (Å²) in [5.74, 6) is -0.525. The van der Waals surface area contributed by atoms with Crippen LogP contribution in [0.4, 0.5) is 5.69 Å². The number of hydrogen-bond acceptors (Lipinski definition) is 4. The molecule has 6 heteroatoms. The maximum Gasteiger partial charge on any atom is 0.328 e. The fourth-order valence-corrected chi connectivity index (χ4v) is 2.47. The van der Waals surface area contributed by atoms with Gasteiger partial charge in [0.1, 0.15) is 0 Å². The first-order valence-electron chi connectivity index (χ1n) is 7.24. The Morgan fingerprint density at radius 3 is 2.71 bits per heavy atom. The highest BCUT2D eigenvalue weighted by Crippen LogP contribution is 2.43. The van der Waals surface area contributed by atoms with Gasteiger partial charge in [-0.05, 0) is 23.8 Å². The quantitative estimate of drug-likeness (QED) is 0.844. The number of carbonyl (C=O) groups is 2. The molecule has 2 aromatic rings. The van der Waals surface area contributed by atoms with Crippen LogP contribution < -0.4 is 14.8 Å². The number of ether oxygens (including phenoxy) is 2. The Labute approximate surface area is 138 Å². The first-order chi connectivity index (χ1) is 11.6. The maximum absolute atomic E-state index is 12.3. The van der Waals surface area contributed by atoms with Crippen LogP contribution in [0.5, 0.6) is 11.5 Å². The Hall–Kier alpha value is -3.28. The number of amides is 1. The van der Waals surface area contributed by atoms with Gasteiger partial charge in [-0.15, -0.1) is 0 Å². The fourth-order valence-electron chi connectivity index (χ4n) is 2.47. The van der Waals surface area contributed by atoms with Crippen molar-refractivity contribution in [1.29, 1.82) is 0 Å². The van der Waals surface area contributed by atoms with Crippen molar-refractivity contribution in [2.24, 2.45) is 0 Å². The van der Waals surface area contributed by atoms with Crippen molar-refractivity contribution in [1.82, 2.24) is 0 Å². The summed E-state index contributed by atoms with van der Waals surface area (Å²) in [5, 5.41) is 11.5. The molecular formula is C18H15NO5. The molecule has 122 valence electrons. The molecule has 1 unspecified atom stereocenters. The Morgan fingerprint density at radius 2 is 2.04 bits per heavy atom. The van der Waals surface area contributed by atoms with Crippen molar-refractivity contribution in [2.45, 2.75) is 6.10 Å². The van der Waals surface area contributed by atoms with Crippen LogP contribution in [0, 0.1) is 0 Å². The van der Waals surface area contributed by atoms with Crippen LogP contribution in [0.15, 0.2) is 48.5 Å². The molecule has 2 N–H and O–H groups in total. The Kier molecular flexibility index (Phi) is 4.20. The molecule has 6 nitrogen and oxygen atoms in total. The van der Waals surface area contributed by atoms with E-state index in [2.05, 4.69) is 5.32 Å². The second-order valence-corrected chi connectivity index (χ2v) is 5.17. The van der Waals surface area contributed by atoms with Crippen molar-refractivity contribution in [3.8, 4) is 11.5 Å². The van der Waals surface area contributed by atoms with E-state index in [-0.39, 0.29) is 5.91 Å². The Morgan fingerprint density at radius 1 is 1.29 bits per heavy atom. The number of anilines is 1. The molecular weight excluding hydrogens is 310 g/mol. The van der Waals surface area contributed by atoms with Crippen molar-refractivity contribution in [2.75, 3.05) is 12.4 Å². The molecule has 3 rings (SSSR count). The van der Waals surface area contributed by atoms with Crippen LogP contribution >= 0.6 is 0 Å². The molecule has 0 aromatic heterocycles. The van der Waals surface area contributed by atoms with Gasteiger partial charge in [0.2, 0.25) is 6.10 Å². The van der Waals surface area contributed by atoms with E-state index in [9.17, 15) is 9.59 Å². The van der Waals surface area contributed by atoms with E-state index in [1.54, 1.807) is 12.1 Å². The molecule has 0 saturated heterocycles. The molecule has 2 aromatic carbocycles. The predicted molar refractivity (Wildman–Crippen MR) is 88.1 cm³/mol. The molecule has 0 aliphatic carbocycles. The number of aliphatic carboxylic acids is 1. The van der Waals surface area contributed by atoms with E-state index >= 15 is 0 Å². The van der Waals surface area contributed by atoms with Gasteiger partial charge in [0, 0.05) is 11.6 Å². The van der Waals surface area contributed by atoms with E-state index in [0.29, 0.717) is 22.7 Å². The number of benzene rings is 2. The van der Waals surface area contributed by atoms with Crippen LogP contribution in [0.3, 0.4) is 0 Å². The lowest BCUT2D eigenvalue weighted by Gasteiger charge is -2.27. The van der Waals surface area contributed by atoms with Gasteiger partial charge in [-0.25, -0.2) is 4.79 Å². The molecule has 24 heavy (non-hydrogen) atoms. The lowest BCUT2D eigenvalue weighted by molar-refractivity contribution is -0.131. The lowest BCUT2D eigenvalue weighted by atomic mass is 10.1. The molecule has 0 bridgehead atoms. The van der Waals surface area contributed by atoms with Gasteiger partial charge >= 0.3 is 5.97 Å². The standard InChI is InChI=1S/C18H15NO5/c1-23-14-10-11(7-8-15(20)21)9-13-17(14)24-16(18(22)19-13)12-5-3-2-4-6-12/h2-10,16H,1H3,(H,19,22)(H,20,21)/b8-7+. The lowest BCUT2D eigenvalue weighted by Crippen LogP contribution is -2.30. The first-order valence-corrected chi connectivity index (χ1v) is 7.24. The summed E-state index contributed by atoms with van der Waals surface area (Å²) in [7, 11) is 1.48. The second-order valence-electron chi connectivity index (χ2n) is 5.17. The van der Waals surface area contributed by atoms with Crippen LogP contribution in [-0.4, -0.2) is 24.1 Å². The average molecular weight is 325 g/mol. The van der Waals surface area contributed by atoms with Gasteiger partial charge in [0.25, 0.3) is 5.91 Å². The average Bonchev–Trinajstić information content (AvgIpc) is 2.59. The highest BCUT2D eigenvalue weighted by atomic mass is 16.5. The summed E-state index contributed by atoms with van der Waals surface area (Å²) in [6, 6.07) is 12.4. The molecule has 0 radical (unpaired) electrons. The normalized spacial score (nSPS) is 16.2. The van der Waals surface area contributed by atoms with E-state index in [1.807, 2.05) is 30.3 Å². The Bertz CT molecular complexity index is 814. The summed E-state index contributed by atoms with van der Waals surface area (Å²) < 4.78 is 11.2. The van der Waals surface area contributed by atoms with Crippen LogP contribution in [0.2, 0.25) is 0 Å². The zero-order valence-electron chi connectivity index (χ0n) is 12.9. The molecule has 1 amide bonds. The number of carbonyl (C=O) groups excluding carboxylic acids is 1. The number of fused-ring (bicyclic) bond motifs is 1. The van der Waals surface area contributed by atoms with Gasteiger partial charge in [0.05, 0.1) is 12.8 Å². The van der Waals surface area contributed by atoms with Gasteiger partial charge < -0.3 is 19.9 Å². The van der Waals surface area contributed by atoms with E-state index < -0.39 is 12.1 Å². The van der Waals surface area contributed by atoms with Gasteiger partial charge in [-0.3, -0.25) is 4.79 Å². The minimum absolute atomic E-state index is 0.296. The molecule has 0 spiro atoms. The molecule has 1 atom stereocenters.